The maximum atomic E-state index is 13.1. The van der Waals surface area contributed by atoms with Crippen molar-refractivity contribution in [2.24, 2.45) is 0 Å². The summed E-state index contributed by atoms with van der Waals surface area (Å²) in [6.45, 7) is 2.46. The normalized spacial score (nSPS) is 17.8. The number of non-ortho nitro benzene ring substituents is 1. The summed E-state index contributed by atoms with van der Waals surface area (Å²) >= 11 is 3.63. The average Bonchev–Trinajstić information content (AvgIpc) is 2.87. The molecule has 0 aromatic heterocycles. The fourth-order valence-electron chi connectivity index (χ4n) is 5.34. The van der Waals surface area contributed by atoms with Crippen LogP contribution in [0.15, 0.2) is 63.4 Å². The number of benzene rings is 2. The molecule has 2 aromatic rings. The van der Waals surface area contributed by atoms with Crippen molar-refractivity contribution in [1.82, 2.24) is 5.32 Å². The standard InChI is InChI=1S/C28H27BrN2O6/c1-2-36-24-14-17(13-19(29)28(24)37-15-16-9-11-18(12-10-16)31(34)35)25-26-20(5-3-7-22(26)32)30-21-6-4-8-23(33)27(21)25/h9-14,25,30H,2-8,15H2,1H3. The molecule has 0 atom stereocenters. The summed E-state index contributed by atoms with van der Waals surface area (Å²) in [5.41, 5.74) is 4.84. The van der Waals surface area contributed by atoms with Gasteiger partial charge in [-0.3, -0.25) is 19.7 Å². The van der Waals surface area contributed by atoms with E-state index >= 15 is 0 Å². The number of allylic oxidation sites excluding steroid dienone is 4. The molecule has 5 rings (SSSR count). The summed E-state index contributed by atoms with van der Waals surface area (Å²) in [5, 5.41) is 14.4. The van der Waals surface area contributed by atoms with Gasteiger partial charge in [0.1, 0.15) is 6.61 Å². The molecule has 1 aliphatic heterocycles. The highest BCUT2D eigenvalue weighted by Gasteiger charge is 2.40. The van der Waals surface area contributed by atoms with Crippen LogP contribution in [0.1, 0.15) is 62.5 Å². The summed E-state index contributed by atoms with van der Waals surface area (Å²) in [5.74, 6) is 0.716. The first-order chi connectivity index (χ1) is 17.9. The van der Waals surface area contributed by atoms with Gasteiger partial charge in [0, 0.05) is 53.4 Å². The quantitative estimate of drug-likeness (QED) is 0.321. The lowest BCUT2D eigenvalue weighted by Gasteiger charge is -2.37. The van der Waals surface area contributed by atoms with E-state index in [-0.39, 0.29) is 23.9 Å². The van der Waals surface area contributed by atoms with E-state index < -0.39 is 10.8 Å². The van der Waals surface area contributed by atoms with E-state index in [1.807, 2.05) is 19.1 Å². The minimum atomic E-state index is -0.441. The maximum Gasteiger partial charge on any atom is 0.269 e. The first-order valence-corrected chi connectivity index (χ1v) is 13.3. The number of dihydropyridines is 1. The smallest absolute Gasteiger partial charge is 0.269 e. The van der Waals surface area contributed by atoms with Crippen molar-refractivity contribution in [3.05, 3.63) is 84.7 Å². The Balaban J connectivity index is 1.52. The van der Waals surface area contributed by atoms with E-state index in [4.69, 9.17) is 9.47 Å². The fourth-order valence-corrected chi connectivity index (χ4v) is 5.92. The number of ether oxygens (including phenoxy) is 2. The summed E-state index contributed by atoms with van der Waals surface area (Å²) in [6.07, 6.45) is 4.14. The lowest BCUT2D eigenvalue weighted by atomic mass is 9.71. The summed E-state index contributed by atoms with van der Waals surface area (Å²) < 4.78 is 12.7. The number of hydrogen-bond donors (Lipinski definition) is 1. The van der Waals surface area contributed by atoms with Crippen LogP contribution in [0.3, 0.4) is 0 Å². The van der Waals surface area contributed by atoms with Crippen LogP contribution in [0.4, 0.5) is 5.69 Å². The zero-order chi connectivity index (χ0) is 26.1. The molecule has 8 nitrogen and oxygen atoms in total. The average molecular weight is 567 g/mol. The SMILES string of the molecule is CCOc1cc(C2C3=C(CCCC3=O)NC3=C2C(=O)CCC3)cc(Br)c1OCc1ccc([N+](=O)[O-])cc1. The monoisotopic (exact) mass is 566 g/mol. The molecule has 2 aliphatic carbocycles. The van der Waals surface area contributed by atoms with Crippen molar-refractivity contribution in [2.45, 2.75) is 58.0 Å². The summed E-state index contributed by atoms with van der Waals surface area (Å²) in [4.78, 5) is 36.8. The van der Waals surface area contributed by atoms with Crippen molar-refractivity contribution in [1.29, 1.82) is 0 Å². The van der Waals surface area contributed by atoms with Gasteiger partial charge >= 0.3 is 0 Å². The highest BCUT2D eigenvalue weighted by atomic mass is 79.9. The number of Topliss-reactive ketones (excluding diaryl/α,β-unsaturated/α-hetero) is 2. The molecule has 2 aromatic carbocycles. The Hall–Kier alpha value is -3.46. The Labute approximate surface area is 223 Å². The number of ketones is 2. The molecule has 0 spiro atoms. The Bertz CT molecular complexity index is 1300. The van der Waals surface area contributed by atoms with Crippen LogP contribution in [0.5, 0.6) is 11.5 Å². The van der Waals surface area contributed by atoms with Gasteiger partial charge < -0.3 is 14.8 Å². The van der Waals surface area contributed by atoms with Crippen molar-refractivity contribution >= 4 is 33.2 Å². The molecule has 0 saturated heterocycles. The summed E-state index contributed by atoms with van der Waals surface area (Å²) in [6, 6.07) is 9.96. The Morgan fingerprint density at radius 3 is 2.16 bits per heavy atom. The lowest BCUT2D eigenvalue weighted by Crippen LogP contribution is -2.36. The number of carbonyl (C=O) groups excluding carboxylic acids is 2. The Kier molecular flexibility index (Phi) is 7.15. The fraction of sp³-hybridized carbons (Fsp3) is 0.357. The second kappa shape index (κ2) is 10.5. The zero-order valence-electron chi connectivity index (χ0n) is 20.5. The van der Waals surface area contributed by atoms with Gasteiger partial charge in [-0.2, -0.15) is 0 Å². The second-order valence-corrected chi connectivity index (χ2v) is 10.2. The molecule has 0 saturated carbocycles. The van der Waals surface area contributed by atoms with Crippen LogP contribution >= 0.6 is 15.9 Å². The molecule has 37 heavy (non-hydrogen) atoms. The van der Waals surface area contributed by atoms with Gasteiger partial charge in [-0.25, -0.2) is 0 Å². The number of halogens is 1. The molecule has 1 N–H and O–H groups in total. The van der Waals surface area contributed by atoms with Crippen LogP contribution in [0.25, 0.3) is 0 Å². The molecule has 192 valence electrons. The minimum Gasteiger partial charge on any atom is -0.490 e. The predicted molar refractivity (Wildman–Crippen MR) is 140 cm³/mol. The molecule has 0 fully saturated rings. The van der Waals surface area contributed by atoms with E-state index in [0.717, 1.165) is 48.2 Å². The van der Waals surface area contributed by atoms with Crippen molar-refractivity contribution in [3.63, 3.8) is 0 Å². The lowest BCUT2D eigenvalue weighted by molar-refractivity contribution is -0.384. The van der Waals surface area contributed by atoms with E-state index in [1.165, 1.54) is 12.1 Å². The molecule has 0 unspecified atom stereocenters. The van der Waals surface area contributed by atoms with Gasteiger partial charge in [-0.05, 0) is 83.9 Å². The van der Waals surface area contributed by atoms with Crippen LogP contribution in [-0.4, -0.2) is 23.1 Å². The van der Waals surface area contributed by atoms with Gasteiger partial charge in [0.25, 0.3) is 5.69 Å². The number of rotatable bonds is 7. The van der Waals surface area contributed by atoms with Crippen LogP contribution in [0.2, 0.25) is 0 Å². The number of nitrogens with zero attached hydrogens (tertiary/aromatic N) is 1. The van der Waals surface area contributed by atoms with Crippen LogP contribution < -0.4 is 14.8 Å². The number of nitro benzene ring substituents is 1. The highest BCUT2D eigenvalue weighted by molar-refractivity contribution is 9.10. The number of hydrogen-bond acceptors (Lipinski definition) is 7. The van der Waals surface area contributed by atoms with E-state index in [9.17, 15) is 19.7 Å². The molecule has 1 heterocycles. The molecule has 0 amide bonds. The van der Waals surface area contributed by atoms with Crippen LogP contribution in [0, 0.1) is 10.1 Å². The van der Waals surface area contributed by atoms with Gasteiger partial charge in [-0.1, -0.05) is 0 Å². The van der Waals surface area contributed by atoms with Crippen molar-refractivity contribution < 1.29 is 24.0 Å². The molecule has 0 radical (unpaired) electrons. The first-order valence-electron chi connectivity index (χ1n) is 12.5. The molecule has 3 aliphatic rings. The van der Waals surface area contributed by atoms with E-state index in [2.05, 4.69) is 21.2 Å². The number of nitrogens with one attached hydrogen (secondary N) is 1. The maximum absolute atomic E-state index is 13.1. The minimum absolute atomic E-state index is 0.0168. The third kappa shape index (κ3) is 4.92. The van der Waals surface area contributed by atoms with Crippen molar-refractivity contribution in [2.75, 3.05) is 6.61 Å². The van der Waals surface area contributed by atoms with E-state index in [0.29, 0.717) is 46.6 Å². The van der Waals surface area contributed by atoms with Gasteiger partial charge in [0.05, 0.1) is 16.0 Å². The molecular weight excluding hydrogens is 540 g/mol. The van der Waals surface area contributed by atoms with Crippen LogP contribution in [-0.2, 0) is 16.2 Å². The first kappa shape index (κ1) is 25.2. The Morgan fingerprint density at radius 1 is 0.973 bits per heavy atom. The molecular formula is C28H27BrN2O6. The third-order valence-electron chi connectivity index (χ3n) is 6.99. The van der Waals surface area contributed by atoms with Crippen molar-refractivity contribution in [3.8, 4) is 11.5 Å². The van der Waals surface area contributed by atoms with E-state index in [1.54, 1.807) is 12.1 Å². The van der Waals surface area contributed by atoms with Gasteiger partial charge in [0.15, 0.2) is 23.1 Å². The Morgan fingerprint density at radius 2 is 1.59 bits per heavy atom. The van der Waals surface area contributed by atoms with Gasteiger partial charge in [-0.15, -0.1) is 0 Å². The summed E-state index contributed by atoms with van der Waals surface area (Å²) in [7, 11) is 0. The largest absolute Gasteiger partial charge is 0.490 e. The number of nitro groups is 1. The highest BCUT2D eigenvalue weighted by Crippen LogP contribution is 2.48. The molecule has 9 heteroatoms. The van der Waals surface area contributed by atoms with Gasteiger partial charge in [0.2, 0.25) is 0 Å². The third-order valence-corrected chi connectivity index (χ3v) is 7.58. The topological polar surface area (TPSA) is 108 Å². The zero-order valence-corrected chi connectivity index (χ0v) is 22.1. The molecule has 0 bridgehead atoms. The predicted octanol–water partition coefficient (Wildman–Crippen LogP) is 6.04. The second-order valence-electron chi connectivity index (χ2n) is 9.37. The number of carbonyl (C=O) groups is 2.